The molecule has 9 heteroatoms. The van der Waals surface area contributed by atoms with Crippen LogP contribution in [0.4, 0.5) is 0 Å². The van der Waals surface area contributed by atoms with Gasteiger partial charge in [-0.2, -0.15) is 10.4 Å². The molecule has 1 aromatic heterocycles. The second-order valence-corrected chi connectivity index (χ2v) is 8.46. The van der Waals surface area contributed by atoms with Crippen molar-refractivity contribution in [3.63, 3.8) is 0 Å². The molecular formula is C14H10Br2ClN3O2S. The Balaban J connectivity index is 2.48. The quantitative estimate of drug-likeness (QED) is 0.480. The molecule has 0 saturated carbocycles. The van der Waals surface area contributed by atoms with E-state index in [0.29, 0.717) is 26.9 Å². The number of aryl methyl sites for hydroxylation is 1. The van der Waals surface area contributed by atoms with Crippen molar-refractivity contribution in [3.05, 3.63) is 50.0 Å². The molecule has 0 radical (unpaired) electrons. The van der Waals surface area contributed by atoms with Gasteiger partial charge >= 0.3 is 0 Å². The van der Waals surface area contributed by atoms with Gasteiger partial charge in [0, 0.05) is 26.6 Å². The summed E-state index contributed by atoms with van der Waals surface area (Å²) in [6, 6.07) is 6.50. The summed E-state index contributed by atoms with van der Waals surface area (Å²) in [5.41, 5.74) is 0.515. The minimum atomic E-state index is -3.95. The van der Waals surface area contributed by atoms with Crippen LogP contribution in [0.5, 0.6) is 0 Å². The Kier molecular flexibility index (Phi) is 6.03. The Labute approximate surface area is 155 Å². The summed E-state index contributed by atoms with van der Waals surface area (Å²) in [4.78, 5) is -0.338. The lowest BCUT2D eigenvalue weighted by Crippen LogP contribution is -2.04. The van der Waals surface area contributed by atoms with E-state index in [1.54, 1.807) is 29.1 Å². The minimum Gasteiger partial charge on any atom is -0.271 e. The van der Waals surface area contributed by atoms with Gasteiger partial charge in [-0.05, 0) is 40.2 Å². The molecule has 0 unspecified atom stereocenters. The molecule has 0 saturated heterocycles. The second-order valence-electron chi connectivity index (χ2n) is 4.42. The van der Waals surface area contributed by atoms with Crippen LogP contribution in [0.1, 0.15) is 5.56 Å². The predicted octanol–water partition coefficient (Wildman–Crippen LogP) is 3.99. The number of rotatable bonds is 5. The van der Waals surface area contributed by atoms with E-state index in [9.17, 15) is 13.7 Å². The van der Waals surface area contributed by atoms with E-state index in [0.717, 1.165) is 0 Å². The van der Waals surface area contributed by atoms with E-state index in [1.807, 2.05) is 0 Å². The number of halogens is 3. The maximum absolute atomic E-state index is 12.7. The van der Waals surface area contributed by atoms with E-state index in [1.165, 1.54) is 18.3 Å². The molecule has 1 heterocycles. The first-order chi connectivity index (χ1) is 10.9. The van der Waals surface area contributed by atoms with Gasteiger partial charge in [-0.3, -0.25) is 4.68 Å². The van der Waals surface area contributed by atoms with Crippen LogP contribution in [0.15, 0.2) is 49.3 Å². The fourth-order valence-corrected chi connectivity index (χ4v) is 4.61. The van der Waals surface area contributed by atoms with Gasteiger partial charge in [0.25, 0.3) is 0 Å². The zero-order valence-electron chi connectivity index (χ0n) is 11.6. The number of allylic oxidation sites excluding steroid dienone is 1. The third-order valence-electron chi connectivity index (χ3n) is 2.85. The minimum absolute atomic E-state index is 0.0211. The molecule has 1 aromatic carbocycles. The Morgan fingerprint density at radius 3 is 2.83 bits per heavy atom. The highest BCUT2D eigenvalue weighted by Crippen LogP contribution is 2.30. The number of hydrogen-bond acceptors (Lipinski definition) is 4. The maximum Gasteiger partial charge on any atom is 0.217 e. The van der Waals surface area contributed by atoms with Crippen molar-refractivity contribution in [2.45, 2.75) is 11.4 Å². The van der Waals surface area contributed by atoms with Gasteiger partial charge in [0.05, 0.1) is 17.6 Å². The third kappa shape index (κ3) is 4.23. The summed E-state index contributed by atoms with van der Waals surface area (Å²) in [7, 11) is -3.95. The molecule has 2 aromatic rings. The predicted molar refractivity (Wildman–Crippen MR) is 95.6 cm³/mol. The van der Waals surface area contributed by atoms with Crippen LogP contribution in [0.3, 0.4) is 0 Å². The number of alkyl halides is 1. The summed E-state index contributed by atoms with van der Waals surface area (Å²) in [6.07, 6.45) is 4.40. The molecule has 0 fully saturated rings. The van der Waals surface area contributed by atoms with Crippen LogP contribution >= 0.6 is 43.5 Å². The van der Waals surface area contributed by atoms with Gasteiger partial charge in [-0.1, -0.05) is 15.9 Å². The van der Waals surface area contributed by atoms with Gasteiger partial charge < -0.3 is 0 Å². The monoisotopic (exact) mass is 477 g/mol. The molecule has 0 bridgehead atoms. The lowest BCUT2D eigenvalue weighted by molar-refractivity contribution is 0.603. The van der Waals surface area contributed by atoms with Gasteiger partial charge in [0.15, 0.2) is 0 Å². The molecule has 2 rings (SSSR count). The second kappa shape index (κ2) is 7.62. The highest BCUT2D eigenvalue weighted by atomic mass is 79.9. The normalized spacial score (nSPS) is 12.2. The fraction of sp³-hybridized carbons (Fsp3) is 0.143. The summed E-state index contributed by atoms with van der Waals surface area (Å²) >= 11 is 12.1. The molecule has 120 valence electrons. The van der Waals surface area contributed by atoms with E-state index >= 15 is 0 Å². The largest absolute Gasteiger partial charge is 0.271 e. The number of aromatic nitrogens is 2. The van der Waals surface area contributed by atoms with Crippen LogP contribution in [-0.4, -0.2) is 24.1 Å². The lowest BCUT2D eigenvalue weighted by Gasteiger charge is -2.06. The summed E-state index contributed by atoms with van der Waals surface area (Å²) in [6.45, 7) is 0.501. The number of sulfone groups is 1. The first kappa shape index (κ1) is 18.2. The molecular weight excluding hydrogens is 470 g/mol. The zero-order chi connectivity index (χ0) is 17.0. The Morgan fingerprint density at radius 2 is 2.17 bits per heavy atom. The van der Waals surface area contributed by atoms with E-state index in [-0.39, 0.29) is 9.80 Å². The molecule has 0 N–H and O–H groups in total. The lowest BCUT2D eigenvalue weighted by atomic mass is 10.3. The molecule has 0 aliphatic heterocycles. The van der Waals surface area contributed by atoms with Crippen LogP contribution < -0.4 is 0 Å². The molecule has 5 nitrogen and oxygen atoms in total. The summed E-state index contributed by atoms with van der Waals surface area (Å²) < 4.78 is 27.9. The first-order valence-electron chi connectivity index (χ1n) is 6.29. The van der Waals surface area contributed by atoms with Crippen LogP contribution in [0.25, 0.3) is 6.08 Å². The van der Waals surface area contributed by atoms with Crippen molar-refractivity contribution in [1.82, 2.24) is 9.78 Å². The van der Waals surface area contributed by atoms with Crippen molar-refractivity contribution < 1.29 is 8.42 Å². The van der Waals surface area contributed by atoms with Crippen LogP contribution in [0.2, 0.25) is 0 Å². The molecule has 0 aliphatic carbocycles. The first-order valence-corrected chi connectivity index (χ1v) is 9.89. The van der Waals surface area contributed by atoms with Gasteiger partial charge in [-0.25, -0.2) is 8.42 Å². The average molecular weight is 480 g/mol. The topological polar surface area (TPSA) is 75.8 Å². The van der Waals surface area contributed by atoms with Gasteiger partial charge in [0.1, 0.15) is 11.0 Å². The van der Waals surface area contributed by atoms with E-state index in [2.05, 4.69) is 37.0 Å². The fourth-order valence-electron chi connectivity index (χ4n) is 1.79. The van der Waals surface area contributed by atoms with Crippen LogP contribution in [0, 0.1) is 11.3 Å². The average Bonchev–Trinajstić information content (AvgIpc) is 2.94. The van der Waals surface area contributed by atoms with Crippen molar-refractivity contribution in [2.75, 3.05) is 5.88 Å². The highest BCUT2D eigenvalue weighted by Gasteiger charge is 2.24. The van der Waals surface area contributed by atoms with Crippen molar-refractivity contribution in [1.29, 1.82) is 5.26 Å². The number of hydrogen-bond donors (Lipinski definition) is 0. The van der Waals surface area contributed by atoms with E-state index < -0.39 is 9.84 Å². The standard InChI is InChI=1S/C14H10Br2ClN3O2S/c15-11-1-2-13(16)14(6-11)23(21,22)12(7-18)5-10-8-19-20(9-10)4-3-17/h1-2,5-6,8-9H,3-4H2. The molecule has 0 atom stereocenters. The Morgan fingerprint density at radius 1 is 1.43 bits per heavy atom. The number of benzene rings is 1. The third-order valence-corrected chi connectivity index (χ3v) is 6.17. The maximum atomic E-state index is 12.7. The Hall–Kier alpha value is -1.14. The van der Waals surface area contributed by atoms with Gasteiger partial charge in [-0.15, -0.1) is 11.6 Å². The van der Waals surface area contributed by atoms with Crippen molar-refractivity contribution in [3.8, 4) is 6.07 Å². The highest BCUT2D eigenvalue weighted by molar-refractivity contribution is 9.11. The molecule has 0 aliphatic rings. The van der Waals surface area contributed by atoms with Gasteiger partial charge in [0.2, 0.25) is 9.84 Å². The van der Waals surface area contributed by atoms with E-state index in [4.69, 9.17) is 11.6 Å². The van der Waals surface area contributed by atoms with Crippen molar-refractivity contribution in [2.24, 2.45) is 0 Å². The summed E-state index contributed by atoms with van der Waals surface area (Å²) in [5.74, 6) is 0.388. The molecule has 0 spiro atoms. The van der Waals surface area contributed by atoms with Crippen LogP contribution in [-0.2, 0) is 16.4 Å². The SMILES string of the molecule is N#CC(=Cc1cnn(CCCl)c1)S(=O)(=O)c1cc(Br)ccc1Br. The number of nitrogens with zero attached hydrogens (tertiary/aromatic N) is 3. The molecule has 23 heavy (non-hydrogen) atoms. The smallest absolute Gasteiger partial charge is 0.217 e. The zero-order valence-corrected chi connectivity index (χ0v) is 16.3. The van der Waals surface area contributed by atoms with Crippen molar-refractivity contribution >= 4 is 59.4 Å². The Bertz CT molecular complexity index is 901. The summed E-state index contributed by atoms with van der Waals surface area (Å²) in [5, 5.41) is 13.3. The number of nitriles is 1. The molecule has 0 amide bonds.